The maximum absolute atomic E-state index is 11.2. The molecule has 2 N–H and O–H groups in total. The van der Waals surface area contributed by atoms with Gasteiger partial charge in [-0.1, -0.05) is 6.07 Å². The molecule has 0 aliphatic rings. The van der Waals surface area contributed by atoms with Crippen LogP contribution in [0.5, 0.6) is 0 Å². The Bertz CT molecular complexity index is 678. The van der Waals surface area contributed by atoms with Crippen molar-refractivity contribution in [1.82, 2.24) is 9.38 Å². The third-order valence-electron chi connectivity index (χ3n) is 2.96. The lowest BCUT2D eigenvalue weighted by atomic mass is 10.4. The fourth-order valence-electron chi connectivity index (χ4n) is 1.94. The van der Waals surface area contributed by atoms with E-state index in [9.17, 15) is 8.42 Å². The lowest BCUT2D eigenvalue weighted by Gasteiger charge is -2.17. The molecule has 0 aliphatic heterocycles. The average molecular weight is 282 g/mol. The lowest BCUT2D eigenvalue weighted by molar-refractivity contribution is 0.601. The molecule has 2 aromatic rings. The van der Waals surface area contributed by atoms with E-state index in [0.717, 1.165) is 17.2 Å². The summed E-state index contributed by atoms with van der Waals surface area (Å²) in [5.41, 5.74) is 7.47. The van der Waals surface area contributed by atoms with Crippen LogP contribution < -0.4 is 10.6 Å². The van der Waals surface area contributed by atoms with Crippen LogP contribution in [0.1, 0.15) is 5.69 Å². The molecule has 0 atom stereocenters. The zero-order valence-electron chi connectivity index (χ0n) is 11.1. The minimum Gasteiger partial charge on any atom is -0.357 e. The predicted molar refractivity (Wildman–Crippen MR) is 76.1 cm³/mol. The highest BCUT2D eigenvalue weighted by Gasteiger charge is 2.15. The zero-order valence-corrected chi connectivity index (χ0v) is 11.9. The highest BCUT2D eigenvalue weighted by molar-refractivity contribution is 7.90. The van der Waals surface area contributed by atoms with Gasteiger partial charge in [-0.15, -0.1) is 0 Å². The Morgan fingerprint density at radius 3 is 2.79 bits per heavy atom. The van der Waals surface area contributed by atoms with Crippen LogP contribution in [0.25, 0.3) is 5.65 Å². The van der Waals surface area contributed by atoms with Crippen molar-refractivity contribution in [2.45, 2.75) is 6.54 Å². The number of aromatic nitrogens is 2. The molecule has 6 nitrogen and oxygen atoms in total. The van der Waals surface area contributed by atoms with Gasteiger partial charge in [0.1, 0.15) is 15.5 Å². The van der Waals surface area contributed by atoms with Crippen molar-refractivity contribution in [3.63, 3.8) is 0 Å². The van der Waals surface area contributed by atoms with Gasteiger partial charge in [-0.25, -0.2) is 13.4 Å². The van der Waals surface area contributed by atoms with Crippen LogP contribution in [0.2, 0.25) is 0 Å². The lowest BCUT2D eigenvalue weighted by Crippen LogP contribution is -2.26. The van der Waals surface area contributed by atoms with E-state index in [-0.39, 0.29) is 5.75 Å². The number of hydrogen-bond acceptors (Lipinski definition) is 5. The fraction of sp³-hybridized carbons (Fsp3) is 0.417. The topological polar surface area (TPSA) is 80.7 Å². The molecule has 0 aliphatic carbocycles. The summed E-state index contributed by atoms with van der Waals surface area (Å²) in [6.07, 6.45) is 3.13. The molecular weight excluding hydrogens is 264 g/mol. The quantitative estimate of drug-likeness (QED) is 0.851. The first kappa shape index (κ1) is 13.8. The van der Waals surface area contributed by atoms with Gasteiger partial charge >= 0.3 is 0 Å². The zero-order chi connectivity index (χ0) is 14.0. The molecular formula is C12H18N4O2S. The second-order valence-electron chi connectivity index (χ2n) is 4.57. The second-order valence-corrected chi connectivity index (χ2v) is 6.83. The molecule has 0 radical (unpaired) electrons. The minimum absolute atomic E-state index is 0.0986. The molecule has 0 amide bonds. The maximum atomic E-state index is 11.2. The summed E-state index contributed by atoms with van der Waals surface area (Å²) in [4.78, 5) is 6.33. The Kier molecular flexibility index (Phi) is 3.77. The van der Waals surface area contributed by atoms with E-state index in [4.69, 9.17) is 5.73 Å². The van der Waals surface area contributed by atoms with Crippen molar-refractivity contribution in [2.75, 3.05) is 30.5 Å². The summed E-state index contributed by atoms with van der Waals surface area (Å²) < 4.78 is 24.4. The second kappa shape index (κ2) is 5.18. The van der Waals surface area contributed by atoms with Gasteiger partial charge in [-0.3, -0.25) is 0 Å². The first-order valence-corrected chi connectivity index (χ1v) is 8.03. The first-order chi connectivity index (χ1) is 8.92. The number of rotatable bonds is 5. The molecule has 104 valence electrons. The van der Waals surface area contributed by atoms with E-state index in [2.05, 4.69) is 4.98 Å². The monoisotopic (exact) mass is 282 g/mol. The summed E-state index contributed by atoms with van der Waals surface area (Å²) in [6, 6.07) is 5.71. The highest BCUT2D eigenvalue weighted by Crippen LogP contribution is 2.20. The molecule has 2 heterocycles. The van der Waals surface area contributed by atoms with Gasteiger partial charge in [0.05, 0.1) is 11.4 Å². The van der Waals surface area contributed by atoms with Crippen molar-refractivity contribution in [2.24, 2.45) is 5.73 Å². The molecule has 0 unspecified atom stereocenters. The third kappa shape index (κ3) is 3.05. The average Bonchev–Trinajstić information content (AvgIpc) is 2.73. The Labute approximate surface area is 112 Å². The molecule has 2 aromatic heterocycles. The van der Waals surface area contributed by atoms with Gasteiger partial charge in [0.15, 0.2) is 5.82 Å². The predicted octanol–water partition coefficient (Wildman–Crippen LogP) is 0.274. The normalized spacial score (nSPS) is 11.9. The van der Waals surface area contributed by atoms with E-state index in [1.807, 2.05) is 40.7 Å². The van der Waals surface area contributed by atoms with E-state index >= 15 is 0 Å². The Morgan fingerprint density at radius 1 is 1.42 bits per heavy atom. The molecule has 0 fully saturated rings. The first-order valence-electron chi connectivity index (χ1n) is 5.97. The minimum atomic E-state index is -2.98. The number of pyridine rings is 1. The molecule has 0 spiro atoms. The van der Waals surface area contributed by atoms with Crippen LogP contribution in [0.3, 0.4) is 0 Å². The van der Waals surface area contributed by atoms with Crippen LogP contribution >= 0.6 is 0 Å². The Hall–Kier alpha value is -1.60. The van der Waals surface area contributed by atoms with Crippen LogP contribution in [-0.4, -0.2) is 43.4 Å². The fourth-order valence-corrected chi connectivity index (χ4v) is 2.54. The summed E-state index contributed by atoms with van der Waals surface area (Å²) in [6.45, 7) is 0.749. The molecule has 0 saturated heterocycles. The number of imidazole rings is 1. The highest BCUT2D eigenvalue weighted by atomic mass is 32.2. The molecule has 19 heavy (non-hydrogen) atoms. The molecule has 0 bridgehead atoms. The third-order valence-corrected chi connectivity index (χ3v) is 3.88. The molecule has 2 rings (SSSR count). The van der Waals surface area contributed by atoms with Gasteiger partial charge in [0, 0.05) is 32.6 Å². The van der Waals surface area contributed by atoms with Crippen molar-refractivity contribution >= 4 is 21.3 Å². The maximum Gasteiger partial charge on any atom is 0.152 e. The van der Waals surface area contributed by atoms with Gasteiger partial charge in [0.25, 0.3) is 0 Å². The largest absolute Gasteiger partial charge is 0.357 e. The molecule has 0 aromatic carbocycles. The van der Waals surface area contributed by atoms with Crippen molar-refractivity contribution < 1.29 is 8.42 Å². The standard InChI is InChI=1S/C12H18N4O2S/c1-15(7-8-19(2,17)18)12-10(9-13)16-6-4-3-5-11(16)14-12/h3-6H,7-9,13H2,1-2H3. The number of fused-ring (bicyclic) bond motifs is 1. The van der Waals surface area contributed by atoms with E-state index < -0.39 is 9.84 Å². The van der Waals surface area contributed by atoms with E-state index in [1.165, 1.54) is 6.26 Å². The van der Waals surface area contributed by atoms with Crippen molar-refractivity contribution in [3.05, 3.63) is 30.1 Å². The smallest absolute Gasteiger partial charge is 0.152 e. The van der Waals surface area contributed by atoms with Crippen LogP contribution in [0.4, 0.5) is 5.82 Å². The van der Waals surface area contributed by atoms with E-state index in [0.29, 0.717) is 13.1 Å². The van der Waals surface area contributed by atoms with Crippen molar-refractivity contribution in [3.8, 4) is 0 Å². The van der Waals surface area contributed by atoms with Crippen LogP contribution in [0.15, 0.2) is 24.4 Å². The van der Waals surface area contributed by atoms with Gasteiger partial charge in [-0.2, -0.15) is 0 Å². The number of nitrogens with two attached hydrogens (primary N) is 1. The summed E-state index contributed by atoms with van der Waals surface area (Å²) >= 11 is 0. The van der Waals surface area contributed by atoms with Crippen LogP contribution in [-0.2, 0) is 16.4 Å². The number of anilines is 1. The Balaban J connectivity index is 2.33. The number of hydrogen-bond donors (Lipinski definition) is 1. The van der Waals surface area contributed by atoms with E-state index in [1.54, 1.807) is 0 Å². The van der Waals surface area contributed by atoms with Crippen molar-refractivity contribution in [1.29, 1.82) is 0 Å². The number of sulfone groups is 1. The SMILES string of the molecule is CN(CCS(C)(=O)=O)c1nc2ccccn2c1CN. The summed E-state index contributed by atoms with van der Waals surface area (Å²) in [7, 11) is -1.16. The summed E-state index contributed by atoms with van der Waals surface area (Å²) in [5, 5.41) is 0. The van der Waals surface area contributed by atoms with Crippen LogP contribution in [0, 0.1) is 0 Å². The van der Waals surface area contributed by atoms with Gasteiger partial charge < -0.3 is 15.0 Å². The summed E-state index contributed by atoms with van der Waals surface area (Å²) in [5.74, 6) is 0.832. The number of nitrogens with zero attached hydrogens (tertiary/aromatic N) is 3. The van der Waals surface area contributed by atoms with Gasteiger partial charge in [0.2, 0.25) is 0 Å². The molecule has 0 saturated carbocycles. The molecule has 7 heteroatoms. The van der Waals surface area contributed by atoms with Gasteiger partial charge in [-0.05, 0) is 12.1 Å². The Morgan fingerprint density at radius 2 is 2.16 bits per heavy atom.